The Balaban J connectivity index is 1.22. The average molecular weight is 630 g/mol. The van der Waals surface area contributed by atoms with E-state index in [1.807, 2.05) is 0 Å². The number of benzene rings is 5. The number of rotatable bonds is 4. The second kappa shape index (κ2) is 10.5. The fourth-order valence-electron chi connectivity index (χ4n) is 10.6. The standard InChI is InChI=1S/C45H43NO2/c1-29-11-19-36-39(25-29)43-38(42-41(36)37-20-18-35(47-2)27-40(37)44(42)28-30-12-13-33(44)26-30)21-22-45(48-43,31-9-5-3-6-10-31)32-14-16-34(17-15-32)46-23-7-4-8-24-46/h3,5-6,9-11,14-22,25,27,30,33H,4,7-8,12-13,23-24,26,28H2,1-2H3. The maximum Gasteiger partial charge on any atom is 0.178 e. The zero-order chi connectivity index (χ0) is 32.0. The van der Waals surface area contributed by atoms with Crippen molar-refractivity contribution in [3.8, 4) is 22.6 Å². The zero-order valence-electron chi connectivity index (χ0n) is 28.1. The van der Waals surface area contributed by atoms with Gasteiger partial charge in [-0.25, -0.2) is 0 Å². The summed E-state index contributed by atoms with van der Waals surface area (Å²) in [6.07, 6.45) is 13.9. The van der Waals surface area contributed by atoms with E-state index in [4.69, 9.17) is 9.47 Å². The molecule has 5 aromatic rings. The van der Waals surface area contributed by atoms with E-state index in [1.165, 1.54) is 100 Å². The number of anilines is 1. The van der Waals surface area contributed by atoms with E-state index in [0.29, 0.717) is 5.92 Å². The number of fused-ring (bicyclic) bond motifs is 13. The molecule has 1 spiro atoms. The van der Waals surface area contributed by atoms with Crippen LogP contribution in [-0.2, 0) is 11.0 Å². The van der Waals surface area contributed by atoms with Crippen molar-refractivity contribution in [2.75, 3.05) is 25.1 Å². The molecule has 3 heteroatoms. The van der Waals surface area contributed by atoms with E-state index in [-0.39, 0.29) is 5.41 Å². The van der Waals surface area contributed by atoms with Gasteiger partial charge in [0.25, 0.3) is 0 Å². The first kappa shape index (κ1) is 28.5. The maximum absolute atomic E-state index is 7.67. The molecular formula is C45H43NO2. The molecule has 2 bridgehead atoms. The topological polar surface area (TPSA) is 21.7 Å². The van der Waals surface area contributed by atoms with Gasteiger partial charge in [-0.3, -0.25) is 0 Å². The van der Waals surface area contributed by atoms with Crippen molar-refractivity contribution in [1.29, 1.82) is 0 Å². The molecule has 5 aromatic carbocycles. The molecular weight excluding hydrogens is 587 g/mol. The van der Waals surface area contributed by atoms with Crippen LogP contribution >= 0.6 is 0 Å². The Bertz CT molecular complexity index is 2110. The molecule has 1 saturated heterocycles. The lowest BCUT2D eigenvalue weighted by atomic mass is 9.65. The summed E-state index contributed by atoms with van der Waals surface area (Å²) in [4.78, 5) is 2.54. The summed E-state index contributed by atoms with van der Waals surface area (Å²) in [6, 6.07) is 34.0. The third-order valence-corrected chi connectivity index (χ3v) is 12.7. The first-order valence-corrected chi connectivity index (χ1v) is 18.2. The van der Waals surface area contributed by atoms with Crippen molar-refractivity contribution in [2.45, 2.75) is 62.9 Å². The van der Waals surface area contributed by atoms with E-state index >= 15 is 0 Å². The van der Waals surface area contributed by atoms with Crippen molar-refractivity contribution < 1.29 is 9.47 Å². The first-order chi connectivity index (χ1) is 23.6. The Morgan fingerprint density at radius 3 is 2.38 bits per heavy atom. The molecule has 10 rings (SSSR count). The Morgan fingerprint density at radius 1 is 0.812 bits per heavy atom. The lowest BCUT2D eigenvalue weighted by Gasteiger charge is -2.41. The molecule has 4 unspecified atom stereocenters. The summed E-state index contributed by atoms with van der Waals surface area (Å²) >= 11 is 0. The quantitative estimate of drug-likeness (QED) is 0.197. The number of nitrogens with zero attached hydrogens (tertiary/aromatic N) is 1. The van der Waals surface area contributed by atoms with E-state index in [1.54, 1.807) is 7.11 Å². The third kappa shape index (κ3) is 3.88. The van der Waals surface area contributed by atoms with Crippen molar-refractivity contribution in [1.82, 2.24) is 0 Å². The van der Waals surface area contributed by atoms with Gasteiger partial charge in [-0.2, -0.15) is 0 Å². The number of piperidine rings is 1. The summed E-state index contributed by atoms with van der Waals surface area (Å²) in [5.74, 6) is 3.40. The van der Waals surface area contributed by atoms with Gasteiger partial charge in [0.1, 0.15) is 11.5 Å². The molecule has 0 radical (unpaired) electrons. The van der Waals surface area contributed by atoms with E-state index < -0.39 is 5.60 Å². The SMILES string of the molecule is COc1ccc2c(c1)C1(CC3CCC1C3)c1c3c(c4cc(C)ccc4c1-2)OC(c1ccccc1)(c1ccc(N2CCCCC2)cc1)C=C3. The summed E-state index contributed by atoms with van der Waals surface area (Å²) in [7, 11) is 1.80. The van der Waals surface area contributed by atoms with Gasteiger partial charge in [-0.05, 0) is 121 Å². The molecule has 4 atom stereocenters. The first-order valence-electron chi connectivity index (χ1n) is 18.2. The van der Waals surface area contributed by atoms with E-state index in [9.17, 15) is 0 Å². The predicted molar refractivity (Wildman–Crippen MR) is 196 cm³/mol. The van der Waals surface area contributed by atoms with Crippen LogP contribution in [0.4, 0.5) is 5.69 Å². The molecule has 3 aliphatic carbocycles. The summed E-state index contributed by atoms with van der Waals surface area (Å²) in [6.45, 7) is 4.49. The molecule has 3 fully saturated rings. The van der Waals surface area contributed by atoms with Crippen LogP contribution in [0.5, 0.6) is 11.5 Å². The van der Waals surface area contributed by atoms with Gasteiger partial charge in [0, 0.05) is 46.3 Å². The number of hydrogen-bond acceptors (Lipinski definition) is 3. The van der Waals surface area contributed by atoms with Gasteiger partial charge in [0.15, 0.2) is 5.60 Å². The number of aryl methyl sites for hydroxylation is 1. The molecule has 240 valence electrons. The van der Waals surface area contributed by atoms with Crippen LogP contribution in [0.3, 0.4) is 0 Å². The van der Waals surface area contributed by atoms with E-state index in [0.717, 1.165) is 36.1 Å². The largest absolute Gasteiger partial charge is 0.497 e. The van der Waals surface area contributed by atoms with Crippen LogP contribution < -0.4 is 14.4 Å². The van der Waals surface area contributed by atoms with Crippen LogP contribution in [-0.4, -0.2) is 20.2 Å². The van der Waals surface area contributed by atoms with Gasteiger partial charge in [0.05, 0.1) is 7.11 Å². The normalized spacial score (nSPS) is 26.4. The number of hydrogen-bond donors (Lipinski definition) is 0. The molecule has 5 aliphatic rings. The van der Waals surface area contributed by atoms with Gasteiger partial charge in [-0.1, -0.05) is 78.7 Å². The Labute approximate surface area is 284 Å². The molecule has 0 aromatic heterocycles. The molecule has 2 heterocycles. The molecule has 0 amide bonds. The highest BCUT2D eigenvalue weighted by Gasteiger charge is 2.58. The van der Waals surface area contributed by atoms with E-state index in [2.05, 4.69) is 115 Å². The second-order valence-corrected chi connectivity index (χ2v) is 15.1. The summed E-state index contributed by atoms with van der Waals surface area (Å²) in [5, 5.41) is 2.51. The van der Waals surface area contributed by atoms with Gasteiger partial charge < -0.3 is 14.4 Å². The summed E-state index contributed by atoms with van der Waals surface area (Å²) in [5.41, 5.74) is 11.2. The molecule has 2 saturated carbocycles. The average Bonchev–Trinajstić information content (AvgIpc) is 3.84. The van der Waals surface area contributed by atoms with Crippen LogP contribution in [0.1, 0.15) is 78.3 Å². The highest BCUT2D eigenvalue weighted by molar-refractivity contribution is 6.09. The van der Waals surface area contributed by atoms with Crippen molar-refractivity contribution in [3.05, 3.63) is 130 Å². The van der Waals surface area contributed by atoms with Crippen molar-refractivity contribution in [3.63, 3.8) is 0 Å². The Hall–Kier alpha value is -4.50. The molecule has 48 heavy (non-hydrogen) atoms. The smallest absolute Gasteiger partial charge is 0.178 e. The van der Waals surface area contributed by atoms with Crippen molar-refractivity contribution in [2.24, 2.45) is 11.8 Å². The lowest BCUT2D eigenvalue weighted by molar-refractivity contribution is 0.163. The predicted octanol–water partition coefficient (Wildman–Crippen LogP) is 10.6. The Morgan fingerprint density at radius 2 is 1.62 bits per heavy atom. The van der Waals surface area contributed by atoms with Crippen LogP contribution in [0.25, 0.3) is 28.0 Å². The Kier molecular flexibility index (Phi) is 6.23. The molecule has 3 nitrogen and oxygen atoms in total. The monoisotopic (exact) mass is 629 g/mol. The number of methoxy groups -OCH3 is 1. The zero-order valence-corrected chi connectivity index (χ0v) is 28.1. The molecule has 2 aliphatic heterocycles. The van der Waals surface area contributed by atoms with Crippen LogP contribution in [0.2, 0.25) is 0 Å². The maximum atomic E-state index is 7.67. The minimum atomic E-state index is -0.740. The fraction of sp³-hybridized carbons (Fsp3) is 0.333. The van der Waals surface area contributed by atoms with Crippen LogP contribution in [0, 0.1) is 18.8 Å². The lowest BCUT2D eigenvalue weighted by Crippen LogP contribution is -2.36. The van der Waals surface area contributed by atoms with Gasteiger partial charge in [-0.15, -0.1) is 0 Å². The van der Waals surface area contributed by atoms with Gasteiger partial charge >= 0.3 is 0 Å². The highest BCUT2D eigenvalue weighted by atomic mass is 16.5. The van der Waals surface area contributed by atoms with Crippen molar-refractivity contribution >= 4 is 22.5 Å². The minimum Gasteiger partial charge on any atom is -0.497 e. The number of ether oxygens (including phenoxy) is 2. The summed E-state index contributed by atoms with van der Waals surface area (Å²) < 4.78 is 13.5. The highest BCUT2D eigenvalue weighted by Crippen LogP contribution is 2.69. The molecule has 0 N–H and O–H groups in total. The second-order valence-electron chi connectivity index (χ2n) is 15.1. The fourth-order valence-corrected chi connectivity index (χ4v) is 10.6. The van der Waals surface area contributed by atoms with Crippen LogP contribution in [0.15, 0.2) is 97.1 Å². The minimum absolute atomic E-state index is 0.0121. The third-order valence-electron chi connectivity index (χ3n) is 12.7. The van der Waals surface area contributed by atoms with Gasteiger partial charge in [0.2, 0.25) is 0 Å².